The third-order valence-corrected chi connectivity index (χ3v) is 2.14. The van der Waals surface area contributed by atoms with E-state index in [-0.39, 0.29) is 19.1 Å². The first kappa shape index (κ1) is 14.9. The van der Waals surface area contributed by atoms with Gasteiger partial charge in [-0.25, -0.2) is 4.79 Å². The van der Waals surface area contributed by atoms with E-state index in [4.69, 9.17) is 9.47 Å². The summed E-state index contributed by atoms with van der Waals surface area (Å²) in [4.78, 5) is 21.8. The number of aliphatic hydroxyl groups excluding tert-OH is 1. The number of hydrogen-bond donors (Lipinski definition) is 2. The van der Waals surface area contributed by atoms with Crippen LogP contribution in [0.3, 0.4) is 0 Å². The zero-order valence-corrected chi connectivity index (χ0v) is 9.80. The fourth-order valence-corrected chi connectivity index (χ4v) is 1.30. The van der Waals surface area contributed by atoms with E-state index in [1.165, 1.54) is 7.11 Å². The largest absolute Gasteiger partial charge is 0.464 e. The summed E-state index contributed by atoms with van der Waals surface area (Å²) in [5.41, 5.74) is 0. The van der Waals surface area contributed by atoms with Crippen molar-refractivity contribution in [1.82, 2.24) is 5.32 Å². The molecule has 16 heavy (non-hydrogen) atoms. The molecule has 0 aliphatic rings. The van der Waals surface area contributed by atoms with E-state index in [9.17, 15) is 14.7 Å². The SMILES string of the molecule is CCOC(=O)C(NC=O)C(O)C(C)COC. The number of amides is 1. The summed E-state index contributed by atoms with van der Waals surface area (Å²) < 4.78 is 9.61. The fourth-order valence-electron chi connectivity index (χ4n) is 1.30. The summed E-state index contributed by atoms with van der Waals surface area (Å²) in [6, 6.07) is -1.05. The monoisotopic (exact) mass is 233 g/mol. The maximum atomic E-state index is 11.4. The minimum Gasteiger partial charge on any atom is -0.464 e. The number of hydrogen-bond acceptors (Lipinski definition) is 5. The minimum atomic E-state index is -1.05. The van der Waals surface area contributed by atoms with Gasteiger partial charge in [0.15, 0.2) is 6.04 Å². The van der Waals surface area contributed by atoms with Crippen molar-refractivity contribution in [3.8, 4) is 0 Å². The lowest BCUT2D eigenvalue weighted by atomic mass is 9.99. The van der Waals surface area contributed by atoms with Crippen LogP contribution in [0.5, 0.6) is 0 Å². The average Bonchev–Trinajstić information content (AvgIpc) is 2.25. The van der Waals surface area contributed by atoms with Gasteiger partial charge in [-0.05, 0) is 6.92 Å². The van der Waals surface area contributed by atoms with Crippen LogP contribution in [-0.2, 0) is 19.1 Å². The standard InChI is InChI=1S/C10H19NO5/c1-4-16-10(14)8(11-6-12)9(13)7(2)5-15-3/h6-9,13H,4-5H2,1-3H3,(H,11,12). The van der Waals surface area contributed by atoms with Crippen molar-refractivity contribution in [1.29, 1.82) is 0 Å². The van der Waals surface area contributed by atoms with Crippen molar-refractivity contribution in [3.05, 3.63) is 0 Å². The van der Waals surface area contributed by atoms with Crippen LogP contribution >= 0.6 is 0 Å². The maximum Gasteiger partial charge on any atom is 0.331 e. The molecule has 3 unspecified atom stereocenters. The van der Waals surface area contributed by atoms with Gasteiger partial charge in [-0.15, -0.1) is 0 Å². The van der Waals surface area contributed by atoms with Crippen LogP contribution in [0.1, 0.15) is 13.8 Å². The zero-order chi connectivity index (χ0) is 12.6. The van der Waals surface area contributed by atoms with Gasteiger partial charge in [0.05, 0.1) is 19.3 Å². The van der Waals surface area contributed by atoms with Crippen LogP contribution in [0.2, 0.25) is 0 Å². The highest BCUT2D eigenvalue weighted by molar-refractivity contribution is 5.79. The predicted molar refractivity (Wildman–Crippen MR) is 56.7 cm³/mol. The van der Waals surface area contributed by atoms with Gasteiger partial charge in [-0.1, -0.05) is 6.92 Å². The van der Waals surface area contributed by atoms with Gasteiger partial charge >= 0.3 is 5.97 Å². The van der Waals surface area contributed by atoms with Crippen molar-refractivity contribution in [2.75, 3.05) is 20.3 Å². The second kappa shape index (κ2) is 8.06. The molecule has 0 aromatic heterocycles. The van der Waals surface area contributed by atoms with Gasteiger partial charge in [0.1, 0.15) is 0 Å². The smallest absolute Gasteiger partial charge is 0.331 e. The number of carbonyl (C=O) groups is 2. The normalized spacial score (nSPS) is 16.0. The Morgan fingerprint density at radius 3 is 2.62 bits per heavy atom. The van der Waals surface area contributed by atoms with Crippen molar-refractivity contribution in [2.45, 2.75) is 26.0 Å². The molecule has 0 saturated heterocycles. The van der Waals surface area contributed by atoms with Crippen LogP contribution in [0, 0.1) is 5.92 Å². The van der Waals surface area contributed by atoms with Crippen LogP contribution in [-0.4, -0.2) is 50.0 Å². The molecular formula is C10H19NO5. The second-order valence-electron chi connectivity index (χ2n) is 3.44. The number of rotatable bonds is 8. The molecule has 0 bridgehead atoms. The van der Waals surface area contributed by atoms with E-state index in [1.807, 2.05) is 0 Å². The van der Waals surface area contributed by atoms with E-state index >= 15 is 0 Å². The molecule has 6 nitrogen and oxygen atoms in total. The van der Waals surface area contributed by atoms with Crippen molar-refractivity contribution >= 4 is 12.4 Å². The van der Waals surface area contributed by atoms with Gasteiger partial charge in [0, 0.05) is 13.0 Å². The topological polar surface area (TPSA) is 84.9 Å². The lowest BCUT2D eigenvalue weighted by Gasteiger charge is -2.25. The average molecular weight is 233 g/mol. The molecule has 0 fully saturated rings. The van der Waals surface area contributed by atoms with Crippen LogP contribution in [0.15, 0.2) is 0 Å². The molecule has 0 spiro atoms. The van der Waals surface area contributed by atoms with E-state index in [0.717, 1.165) is 0 Å². The number of nitrogens with one attached hydrogen (secondary N) is 1. The summed E-state index contributed by atoms with van der Waals surface area (Å²) in [5.74, 6) is -0.933. The summed E-state index contributed by atoms with van der Waals surface area (Å²) in [6.45, 7) is 3.85. The highest BCUT2D eigenvalue weighted by atomic mass is 16.5. The third kappa shape index (κ3) is 4.59. The molecule has 0 aromatic carbocycles. The van der Waals surface area contributed by atoms with Gasteiger partial charge in [0.2, 0.25) is 6.41 Å². The number of methoxy groups -OCH3 is 1. The van der Waals surface area contributed by atoms with Crippen molar-refractivity contribution in [3.63, 3.8) is 0 Å². The Bertz CT molecular complexity index is 221. The summed E-state index contributed by atoms with van der Waals surface area (Å²) >= 11 is 0. The van der Waals surface area contributed by atoms with Crippen LogP contribution in [0.25, 0.3) is 0 Å². The second-order valence-corrected chi connectivity index (χ2v) is 3.44. The molecule has 0 aliphatic carbocycles. The molecule has 0 aliphatic heterocycles. The molecule has 94 valence electrons. The van der Waals surface area contributed by atoms with Crippen molar-refractivity contribution in [2.24, 2.45) is 5.92 Å². The Hall–Kier alpha value is -1.14. The molecule has 0 rings (SSSR count). The lowest BCUT2D eigenvalue weighted by molar-refractivity contribution is -0.151. The van der Waals surface area contributed by atoms with Crippen LogP contribution in [0.4, 0.5) is 0 Å². The van der Waals surface area contributed by atoms with Gasteiger partial charge in [0.25, 0.3) is 0 Å². The molecule has 3 atom stereocenters. The predicted octanol–water partition coefficient (Wildman–Crippen LogP) is -0.692. The number of carbonyl (C=O) groups excluding carboxylic acids is 2. The van der Waals surface area contributed by atoms with Crippen molar-refractivity contribution < 1.29 is 24.2 Å². The molecule has 0 saturated carbocycles. The van der Waals surface area contributed by atoms with E-state index in [0.29, 0.717) is 6.41 Å². The highest BCUT2D eigenvalue weighted by Gasteiger charge is 2.31. The molecule has 2 N–H and O–H groups in total. The summed E-state index contributed by atoms with van der Waals surface area (Å²) in [6.07, 6.45) is -0.672. The van der Waals surface area contributed by atoms with E-state index in [2.05, 4.69) is 5.32 Å². The summed E-state index contributed by atoms with van der Waals surface area (Å²) in [7, 11) is 1.50. The number of esters is 1. The van der Waals surface area contributed by atoms with Gasteiger partial charge < -0.3 is 19.9 Å². The van der Waals surface area contributed by atoms with Crippen LogP contribution < -0.4 is 5.32 Å². The molecule has 1 amide bonds. The van der Waals surface area contributed by atoms with Gasteiger partial charge in [-0.2, -0.15) is 0 Å². The van der Waals surface area contributed by atoms with E-state index < -0.39 is 18.1 Å². The number of aliphatic hydroxyl groups is 1. The summed E-state index contributed by atoms with van der Waals surface area (Å²) in [5, 5.41) is 12.1. The molecule has 6 heteroatoms. The van der Waals surface area contributed by atoms with Gasteiger partial charge in [-0.3, -0.25) is 4.79 Å². The van der Waals surface area contributed by atoms with E-state index in [1.54, 1.807) is 13.8 Å². The first-order valence-electron chi connectivity index (χ1n) is 5.11. The number of ether oxygens (including phenoxy) is 2. The fraction of sp³-hybridized carbons (Fsp3) is 0.800. The minimum absolute atomic E-state index is 0.196. The Kier molecular flexibility index (Phi) is 7.49. The molecule has 0 radical (unpaired) electrons. The first-order valence-corrected chi connectivity index (χ1v) is 5.11. The Labute approximate surface area is 94.9 Å². The quantitative estimate of drug-likeness (QED) is 0.428. The maximum absolute atomic E-state index is 11.4. The molecule has 0 aromatic rings. The Morgan fingerprint density at radius 2 is 2.19 bits per heavy atom. The Morgan fingerprint density at radius 1 is 1.56 bits per heavy atom. The Balaban J connectivity index is 4.49. The lowest BCUT2D eigenvalue weighted by Crippen LogP contribution is -2.49. The third-order valence-electron chi connectivity index (χ3n) is 2.14. The first-order chi connectivity index (χ1) is 7.58. The molecule has 0 heterocycles. The zero-order valence-electron chi connectivity index (χ0n) is 9.80. The molecular weight excluding hydrogens is 214 g/mol. The highest BCUT2D eigenvalue weighted by Crippen LogP contribution is 2.09.